The first kappa shape index (κ1) is 20.4. The van der Waals surface area contributed by atoms with Gasteiger partial charge in [0.2, 0.25) is 5.82 Å². The van der Waals surface area contributed by atoms with Crippen molar-refractivity contribution >= 4 is 17.5 Å². The molecule has 1 aliphatic heterocycles. The Bertz CT molecular complexity index is 519. The Hall–Kier alpha value is -0.960. The summed E-state index contributed by atoms with van der Waals surface area (Å²) in [6, 6.07) is 0. The van der Waals surface area contributed by atoms with Gasteiger partial charge in [0.1, 0.15) is 12.7 Å². The lowest BCUT2D eigenvalue weighted by molar-refractivity contribution is -0.0179. The normalized spacial score (nSPS) is 17.8. The molecule has 2 heterocycles. The van der Waals surface area contributed by atoms with Crippen LogP contribution in [0.2, 0.25) is 0 Å². The third-order valence-corrected chi connectivity index (χ3v) is 4.68. The Balaban J connectivity index is 1.94. The van der Waals surface area contributed by atoms with Crippen LogP contribution in [0.5, 0.6) is 5.88 Å². The maximum absolute atomic E-state index is 10.5. The van der Waals surface area contributed by atoms with Gasteiger partial charge < -0.3 is 19.5 Å². The summed E-state index contributed by atoms with van der Waals surface area (Å²) in [5.41, 5.74) is -0.0826. The lowest BCUT2D eigenvalue weighted by atomic mass is 9.95. The first-order valence-corrected chi connectivity index (χ1v) is 9.56. The van der Waals surface area contributed by atoms with Crippen molar-refractivity contribution in [1.82, 2.24) is 13.6 Å². The molecular formula is C17H32N4O3S. The van der Waals surface area contributed by atoms with E-state index in [0.29, 0.717) is 25.6 Å². The molecule has 1 fully saturated rings. The van der Waals surface area contributed by atoms with Crippen LogP contribution < -0.4 is 9.64 Å². The average molecular weight is 373 g/mol. The molecule has 0 aliphatic carbocycles. The number of hydrogen-bond donors (Lipinski definition) is 1. The lowest BCUT2D eigenvalue weighted by Gasteiger charge is -2.46. The van der Waals surface area contributed by atoms with Crippen molar-refractivity contribution in [2.45, 2.75) is 58.7 Å². The van der Waals surface area contributed by atoms with Crippen LogP contribution in [0.4, 0.5) is 5.82 Å². The van der Waals surface area contributed by atoms with E-state index >= 15 is 0 Å². The van der Waals surface area contributed by atoms with Gasteiger partial charge in [-0.25, -0.2) is 0 Å². The molecule has 1 aromatic heterocycles. The molecular weight excluding hydrogens is 340 g/mol. The molecule has 0 radical (unpaired) electrons. The number of morpholine rings is 1. The third kappa shape index (κ3) is 5.77. The van der Waals surface area contributed by atoms with E-state index in [4.69, 9.17) is 9.47 Å². The zero-order valence-corrected chi connectivity index (χ0v) is 17.1. The topological polar surface area (TPSA) is 71.0 Å². The van der Waals surface area contributed by atoms with Crippen LogP contribution in [0.3, 0.4) is 0 Å². The highest BCUT2D eigenvalue weighted by atomic mass is 32.1. The van der Waals surface area contributed by atoms with Crippen molar-refractivity contribution in [3.63, 3.8) is 0 Å². The van der Waals surface area contributed by atoms with Crippen LogP contribution in [0.25, 0.3) is 0 Å². The molecule has 25 heavy (non-hydrogen) atoms. The highest BCUT2D eigenvalue weighted by Crippen LogP contribution is 2.27. The molecule has 0 unspecified atom stereocenters. The maximum atomic E-state index is 10.5. The van der Waals surface area contributed by atoms with E-state index in [-0.39, 0.29) is 17.7 Å². The van der Waals surface area contributed by atoms with Gasteiger partial charge in [-0.05, 0) is 41.5 Å². The number of anilines is 1. The fraction of sp³-hybridized carbons (Fsp3) is 0.882. The second kappa shape index (κ2) is 8.16. The molecule has 144 valence electrons. The average Bonchev–Trinajstić information content (AvgIpc) is 2.97. The minimum absolute atomic E-state index is 0.0413. The Kier molecular flexibility index (Phi) is 6.64. The van der Waals surface area contributed by atoms with Gasteiger partial charge in [-0.1, -0.05) is 0 Å². The van der Waals surface area contributed by atoms with Crippen molar-refractivity contribution in [2.75, 3.05) is 44.4 Å². The summed E-state index contributed by atoms with van der Waals surface area (Å²) in [6.07, 6.45) is -0.599. The largest absolute Gasteiger partial charge is 0.472 e. The van der Waals surface area contributed by atoms with Gasteiger partial charge in [-0.15, -0.1) is 4.37 Å². The van der Waals surface area contributed by atoms with E-state index < -0.39 is 6.10 Å². The molecule has 0 bridgehead atoms. The van der Waals surface area contributed by atoms with Crippen molar-refractivity contribution in [3.8, 4) is 5.88 Å². The van der Waals surface area contributed by atoms with E-state index in [9.17, 15) is 5.11 Å². The molecule has 1 N–H and O–H groups in total. The molecule has 1 saturated heterocycles. The standard InChI is InChI=1S/C17H32N4O3S/c1-16(2,3)21(17(4,5)6)11-13(22)12-24-15-14(18-25-19-15)20-7-9-23-10-8-20/h13,22H,7-12H2,1-6H3/t13-/m0/s1. The zero-order chi connectivity index (χ0) is 18.7. The monoisotopic (exact) mass is 372 g/mol. The zero-order valence-electron chi connectivity index (χ0n) is 16.3. The van der Waals surface area contributed by atoms with Crippen LogP contribution in [0.1, 0.15) is 41.5 Å². The van der Waals surface area contributed by atoms with Gasteiger partial charge in [-0.2, -0.15) is 4.37 Å². The van der Waals surface area contributed by atoms with Gasteiger partial charge >= 0.3 is 0 Å². The van der Waals surface area contributed by atoms with Crippen LogP contribution in [0.15, 0.2) is 0 Å². The molecule has 7 nitrogen and oxygen atoms in total. The fourth-order valence-corrected chi connectivity index (χ4v) is 3.75. The lowest BCUT2D eigenvalue weighted by Crippen LogP contribution is -2.55. The SMILES string of the molecule is CC(C)(C)N(C[C@H](O)COc1nsnc1N1CCOCC1)C(C)(C)C. The molecule has 0 spiro atoms. The summed E-state index contributed by atoms with van der Waals surface area (Å²) >= 11 is 1.13. The van der Waals surface area contributed by atoms with Crippen LogP contribution in [0, 0.1) is 0 Å². The third-order valence-electron chi connectivity index (χ3n) is 4.18. The number of rotatable bonds is 6. The molecule has 8 heteroatoms. The van der Waals surface area contributed by atoms with E-state index in [2.05, 4.69) is 60.1 Å². The molecule has 1 atom stereocenters. The molecule has 2 rings (SSSR count). The predicted molar refractivity (Wildman–Crippen MR) is 101 cm³/mol. The smallest absolute Gasteiger partial charge is 0.270 e. The van der Waals surface area contributed by atoms with E-state index in [1.54, 1.807) is 0 Å². The molecule has 1 aromatic rings. The Labute approximate surface area is 155 Å². The van der Waals surface area contributed by atoms with E-state index in [1.807, 2.05) is 0 Å². The summed E-state index contributed by atoms with van der Waals surface area (Å²) in [4.78, 5) is 4.40. The van der Waals surface area contributed by atoms with Crippen LogP contribution in [-0.2, 0) is 4.74 Å². The fourth-order valence-electron chi connectivity index (χ4n) is 3.23. The van der Waals surface area contributed by atoms with Gasteiger partial charge in [-0.3, -0.25) is 4.90 Å². The second-order valence-electron chi connectivity index (χ2n) is 8.41. The Morgan fingerprint density at radius 2 is 1.76 bits per heavy atom. The van der Waals surface area contributed by atoms with Gasteiger partial charge in [0.25, 0.3) is 5.88 Å². The minimum Gasteiger partial charge on any atom is -0.472 e. The Morgan fingerprint density at radius 3 is 2.32 bits per heavy atom. The summed E-state index contributed by atoms with van der Waals surface area (Å²) in [7, 11) is 0. The second-order valence-corrected chi connectivity index (χ2v) is 8.94. The minimum atomic E-state index is -0.599. The number of aromatic nitrogens is 2. The molecule has 1 aliphatic rings. The van der Waals surface area contributed by atoms with Crippen molar-refractivity contribution in [1.29, 1.82) is 0 Å². The van der Waals surface area contributed by atoms with Gasteiger partial charge in [0, 0.05) is 30.7 Å². The highest BCUT2D eigenvalue weighted by Gasteiger charge is 2.33. The molecule has 0 saturated carbocycles. The number of β-amino-alcohol motifs (C(OH)–C–C–N with tert-alkyl or cyclic N) is 1. The first-order valence-electron chi connectivity index (χ1n) is 8.83. The van der Waals surface area contributed by atoms with Crippen LogP contribution in [-0.4, -0.2) is 75.4 Å². The first-order chi connectivity index (χ1) is 11.6. The molecule has 0 aromatic carbocycles. The van der Waals surface area contributed by atoms with Crippen molar-refractivity contribution in [2.24, 2.45) is 0 Å². The van der Waals surface area contributed by atoms with Crippen LogP contribution >= 0.6 is 11.7 Å². The van der Waals surface area contributed by atoms with Crippen molar-refractivity contribution in [3.05, 3.63) is 0 Å². The summed E-state index contributed by atoms with van der Waals surface area (Å²) < 4.78 is 19.7. The predicted octanol–water partition coefficient (Wildman–Crippen LogP) is 2.01. The number of aliphatic hydroxyl groups excluding tert-OH is 1. The highest BCUT2D eigenvalue weighted by molar-refractivity contribution is 6.99. The van der Waals surface area contributed by atoms with Crippen molar-refractivity contribution < 1.29 is 14.6 Å². The van der Waals surface area contributed by atoms with Gasteiger partial charge in [0.15, 0.2) is 0 Å². The quantitative estimate of drug-likeness (QED) is 0.819. The maximum Gasteiger partial charge on any atom is 0.270 e. The summed E-state index contributed by atoms with van der Waals surface area (Å²) in [5.74, 6) is 1.26. The number of nitrogens with zero attached hydrogens (tertiary/aromatic N) is 4. The van der Waals surface area contributed by atoms with Gasteiger partial charge in [0.05, 0.1) is 24.9 Å². The molecule has 0 amide bonds. The summed E-state index contributed by atoms with van der Waals surface area (Å²) in [6.45, 7) is 16.6. The van der Waals surface area contributed by atoms with E-state index in [0.717, 1.165) is 30.6 Å². The number of ether oxygens (including phenoxy) is 2. The summed E-state index contributed by atoms with van der Waals surface area (Å²) in [5, 5.41) is 10.5. The Morgan fingerprint density at radius 1 is 1.16 bits per heavy atom. The number of aliphatic hydroxyl groups is 1. The number of hydrogen-bond acceptors (Lipinski definition) is 8. The van der Waals surface area contributed by atoms with E-state index in [1.165, 1.54) is 0 Å².